The lowest BCUT2D eigenvalue weighted by Crippen LogP contribution is -1.96. The quantitative estimate of drug-likeness (QED) is 0.164. The topological polar surface area (TPSA) is 9.86 Å². The summed E-state index contributed by atoms with van der Waals surface area (Å²) in [6.45, 7) is 0. The van der Waals surface area contributed by atoms with Gasteiger partial charge in [0.2, 0.25) is 0 Å². The molecule has 10 aromatic carbocycles. The van der Waals surface area contributed by atoms with Crippen LogP contribution in [0.2, 0.25) is 0 Å². The molecule has 13 rings (SSSR count). The Morgan fingerprint density at radius 3 is 1.37 bits per heavy atom. The van der Waals surface area contributed by atoms with Crippen molar-refractivity contribution in [1.29, 1.82) is 0 Å². The zero-order valence-electron chi connectivity index (χ0n) is 33.8. The molecule has 2 aromatic heterocycles. The average Bonchev–Trinajstić information content (AvgIpc) is 3.82. The number of benzene rings is 10. The van der Waals surface area contributed by atoms with Crippen LogP contribution in [-0.2, 0) is 0 Å². The standard InChI is InChI=1S/C60H38N2/c1-3-13-39(14-4-1)41-27-31-47(32-28-41)61-56-21-11-9-19-50(56)53-36-45(29-33-58(53)61)42-23-25-43(26-24-42)46-37-54-49-18-8-7-17-48(49)52-35-44(40-15-5-2-6-16-40)30-34-59(52)62-57-22-12-10-20-51(57)55(38-46)60(54)62/h1-38H. The molecule has 1 aliphatic heterocycles. The number of para-hydroxylation sites is 2. The first-order chi connectivity index (χ1) is 30.7. The van der Waals surface area contributed by atoms with E-state index < -0.39 is 0 Å². The minimum atomic E-state index is 1.16. The molecule has 0 aliphatic carbocycles. The van der Waals surface area contributed by atoms with E-state index in [4.69, 9.17) is 0 Å². The predicted octanol–water partition coefficient (Wildman–Crippen LogP) is 16.2. The minimum Gasteiger partial charge on any atom is -0.309 e. The normalized spacial score (nSPS) is 11.9. The molecule has 2 nitrogen and oxygen atoms in total. The lowest BCUT2D eigenvalue weighted by Gasteiger charge is -2.14. The first kappa shape index (κ1) is 34.6. The lowest BCUT2D eigenvalue weighted by molar-refractivity contribution is 1.18. The lowest BCUT2D eigenvalue weighted by atomic mass is 9.90. The molecule has 0 spiro atoms. The summed E-state index contributed by atoms with van der Waals surface area (Å²) in [5.41, 5.74) is 22.0. The average molecular weight is 787 g/mol. The molecule has 0 bridgehead atoms. The summed E-state index contributed by atoms with van der Waals surface area (Å²) < 4.78 is 4.90. The van der Waals surface area contributed by atoms with Crippen molar-refractivity contribution in [2.45, 2.75) is 0 Å². The summed E-state index contributed by atoms with van der Waals surface area (Å²) in [6.07, 6.45) is 0. The monoisotopic (exact) mass is 786 g/mol. The molecular weight excluding hydrogens is 749 g/mol. The van der Waals surface area contributed by atoms with Gasteiger partial charge in [-0.25, -0.2) is 0 Å². The maximum absolute atomic E-state index is 2.50. The van der Waals surface area contributed by atoms with Crippen LogP contribution in [0.4, 0.5) is 0 Å². The van der Waals surface area contributed by atoms with Gasteiger partial charge in [0.1, 0.15) is 0 Å². The Morgan fingerprint density at radius 1 is 0.226 bits per heavy atom. The second-order valence-corrected chi connectivity index (χ2v) is 16.5. The summed E-state index contributed by atoms with van der Waals surface area (Å²) in [4.78, 5) is 0. The first-order valence-corrected chi connectivity index (χ1v) is 21.4. The molecule has 0 atom stereocenters. The van der Waals surface area contributed by atoms with Gasteiger partial charge >= 0.3 is 0 Å². The summed E-state index contributed by atoms with van der Waals surface area (Å²) in [7, 11) is 0. The molecule has 1 aliphatic rings. The predicted molar refractivity (Wildman–Crippen MR) is 261 cm³/mol. The molecule has 12 aromatic rings. The highest BCUT2D eigenvalue weighted by atomic mass is 15.0. The Balaban J connectivity index is 0.921. The van der Waals surface area contributed by atoms with Crippen LogP contribution in [0.3, 0.4) is 0 Å². The third-order valence-corrected chi connectivity index (χ3v) is 13.1. The van der Waals surface area contributed by atoms with E-state index in [9.17, 15) is 0 Å². The molecule has 62 heavy (non-hydrogen) atoms. The van der Waals surface area contributed by atoms with Crippen molar-refractivity contribution in [3.8, 4) is 78.1 Å². The summed E-state index contributed by atoms with van der Waals surface area (Å²) in [5.74, 6) is 0. The van der Waals surface area contributed by atoms with Crippen LogP contribution in [0.5, 0.6) is 0 Å². The van der Waals surface area contributed by atoms with Crippen LogP contribution < -0.4 is 0 Å². The molecule has 0 N–H and O–H groups in total. The fraction of sp³-hybridized carbons (Fsp3) is 0. The van der Waals surface area contributed by atoms with Gasteiger partial charge in [0, 0.05) is 38.4 Å². The fourth-order valence-electron chi connectivity index (χ4n) is 10.1. The van der Waals surface area contributed by atoms with E-state index in [1.807, 2.05) is 0 Å². The summed E-state index contributed by atoms with van der Waals surface area (Å²) in [5, 5.41) is 5.04. The van der Waals surface area contributed by atoms with Crippen molar-refractivity contribution in [3.05, 3.63) is 231 Å². The Bertz CT molecular complexity index is 3700. The second-order valence-electron chi connectivity index (χ2n) is 16.5. The van der Waals surface area contributed by atoms with Gasteiger partial charge in [-0.05, 0) is 116 Å². The molecule has 0 radical (unpaired) electrons. The molecular formula is C60H38N2. The van der Waals surface area contributed by atoms with Crippen molar-refractivity contribution < 1.29 is 0 Å². The van der Waals surface area contributed by atoms with Crippen molar-refractivity contribution >= 4 is 43.6 Å². The van der Waals surface area contributed by atoms with Crippen molar-refractivity contribution in [1.82, 2.24) is 9.13 Å². The number of aromatic nitrogens is 2. The van der Waals surface area contributed by atoms with E-state index in [0.717, 1.165) is 5.69 Å². The molecule has 288 valence electrons. The third kappa shape index (κ3) is 5.30. The molecule has 0 fully saturated rings. The Labute approximate surface area is 359 Å². The number of rotatable bonds is 5. The Kier molecular flexibility index (Phi) is 7.64. The van der Waals surface area contributed by atoms with Crippen molar-refractivity contribution in [3.63, 3.8) is 0 Å². The highest BCUT2D eigenvalue weighted by molar-refractivity contribution is 6.18. The van der Waals surface area contributed by atoms with Gasteiger partial charge in [0.15, 0.2) is 0 Å². The smallest absolute Gasteiger partial charge is 0.0620 e. The van der Waals surface area contributed by atoms with E-state index in [1.54, 1.807) is 0 Å². The molecule has 2 heteroatoms. The van der Waals surface area contributed by atoms with Gasteiger partial charge in [-0.2, -0.15) is 0 Å². The van der Waals surface area contributed by atoms with E-state index in [0.29, 0.717) is 0 Å². The Hall–Kier alpha value is -8.20. The fourth-order valence-corrected chi connectivity index (χ4v) is 10.1. The Morgan fingerprint density at radius 2 is 0.661 bits per heavy atom. The number of fused-ring (bicyclic) bond motifs is 11. The van der Waals surface area contributed by atoms with Crippen LogP contribution in [0.25, 0.3) is 122 Å². The van der Waals surface area contributed by atoms with E-state index in [1.165, 1.54) is 116 Å². The van der Waals surface area contributed by atoms with E-state index in [-0.39, 0.29) is 0 Å². The van der Waals surface area contributed by atoms with Crippen LogP contribution in [0.15, 0.2) is 231 Å². The molecule has 0 unspecified atom stereocenters. The first-order valence-electron chi connectivity index (χ1n) is 21.4. The SMILES string of the molecule is c1ccc(-c2ccc(-n3c4ccccc4c4cc(-c5ccc(-c6cc7c8c(c6)c6ccccc6n8-c6ccc(-c8ccccc8)cc6-c6ccccc6-7)cc5)ccc43)cc2)cc1. The zero-order valence-corrected chi connectivity index (χ0v) is 33.8. The summed E-state index contributed by atoms with van der Waals surface area (Å²) >= 11 is 0. The highest BCUT2D eigenvalue weighted by Gasteiger charge is 2.26. The van der Waals surface area contributed by atoms with Gasteiger partial charge in [0.05, 0.1) is 27.8 Å². The van der Waals surface area contributed by atoms with Crippen molar-refractivity contribution in [2.24, 2.45) is 0 Å². The third-order valence-electron chi connectivity index (χ3n) is 13.1. The second kappa shape index (κ2) is 13.7. The number of nitrogens with zero attached hydrogens (tertiary/aromatic N) is 2. The van der Waals surface area contributed by atoms with Gasteiger partial charge in [-0.15, -0.1) is 0 Å². The van der Waals surface area contributed by atoms with Crippen LogP contribution in [0.1, 0.15) is 0 Å². The van der Waals surface area contributed by atoms with Gasteiger partial charge in [0.25, 0.3) is 0 Å². The molecule has 3 heterocycles. The van der Waals surface area contributed by atoms with Crippen molar-refractivity contribution in [2.75, 3.05) is 0 Å². The highest BCUT2D eigenvalue weighted by Crippen LogP contribution is 2.49. The van der Waals surface area contributed by atoms with Crippen LogP contribution in [-0.4, -0.2) is 9.13 Å². The summed E-state index contributed by atoms with van der Waals surface area (Å²) in [6, 6.07) is 84.8. The minimum absolute atomic E-state index is 1.16. The molecule has 0 saturated heterocycles. The molecule has 0 amide bonds. The number of hydrogen-bond donors (Lipinski definition) is 0. The van der Waals surface area contributed by atoms with E-state index >= 15 is 0 Å². The maximum Gasteiger partial charge on any atom is 0.0620 e. The van der Waals surface area contributed by atoms with Crippen LogP contribution in [0, 0.1) is 0 Å². The largest absolute Gasteiger partial charge is 0.309 e. The van der Waals surface area contributed by atoms with Gasteiger partial charge in [-0.1, -0.05) is 170 Å². The van der Waals surface area contributed by atoms with Crippen LogP contribution >= 0.6 is 0 Å². The maximum atomic E-state index is 2.50. The number of hydrogen-bond acceptors (Lipinski definition) is 0. The zero-order chi connectivity index (χ0) is 40.7. The van der Waals surface area contributed by atoms with E-state index in [2.05, 4.69) is 240 Å². The van der Waals surface area contributed by atoms with Gasteiger partial charge < -0.3 is 9.13 Å². The van der Waals surface area contributed by atoms with Gasteiger partial charge in [-0.3, -0.25) is 0 Å². The molecule has 0 saturated carbocycles.